The number of hydrogen-bond acceptors (Lipinski definition) is 4. The number of fused-ring (bicyclic) bond motifs is 1. The molecule has 0 aliphatic carbocycles. The highest BCUT2D eigenvalue weighted by Crippen LogP contribution is 2.34. The largest absolute Gasteiger partial charge is 0.482 e. The molecule has 0 radical (unpaired) electrons. The lowest BCUT2D eigenvalue weighted by molar-refractivity contribution is -0.118. The van der Waals surface area contributed by atoms with E-state index >= 15 is 0 Å². The van der Waals surface area contributed by atoms with E-state index in [0.29, 0.717) is 17.0 Å². The third-order valence-electron chi connectivity index (χ3n) is 4.69. The van der Waals surface area contributed by atoms with Gasteiger partial charge in [0.05, 0.1) is 11.7 Å². The van der Waals surface area contributed by atoms with Crippen molar-refractivity contribution in [3.8, 4) is 5.75 Å². The molecular formula is C19H19N3O3. The number of piperidine rings is 1. The lowest BCUT2D eigenvalue weighted by atomic mass is 9.95. The van der Waals surface area contributed by atoms with Crippen LogP contribution in [0.2, 0.25) is 0 Å². The van der Waals surface area contributed by atoms with Crippen molar-refractivity contribution in [2.75, 3.05) is 18.5 Å². The van der Waals surface area contributed by atoms with Crippen molar-refractivity contribution in [1.29, 1.82) is 0 Å². The van der Waals surface area contributed by atoms with Crippen LogP contribution in [0.3, 0.4) is 0 Å². The van der Waals surface area contributed by atoms with E-state index < -0.39 is 0 Å². The summed E-state index contributed by atoms with van der Waals surface area (Å²) in [6.45, 7) is 0.730. The number of aromatic nitrogens is 1. The summed E-state index contributed by atoms with van der Waals surface area (Å²) in [5, 5.41) is 2.76. The van der Waals surface area contributed by atoms with Crippen LogP contribution in [-0.2, 0) is 4.79 Å². The molecule has 2 amide bonds. The third-order valence-corrected chi connectivity index (χ3v) is 4.69. The number of ether oxygens (including phenoxy) is 1. The van der Waals surface area contributed by atoms with E-state index in [4.69, 9.17) is 4.74 Å². The predicted molar refractivity (Wildman–Crippen MR) is 92.4 cm³/mol. The Morgan fingerprint density at radius 3 is 3.04 bits per heavy atom. The van der Waals surface area contributed by atoms with Gasteiger partial charge in [-0.1, -0.05) is 6.07 Å². The second-order valence-corrected chi connectivity index (χ2v) is 6.34. The average molecular weight is 337 g/mol. The van der Waals surface area contributed by atoms with Crippen LogP contribution < -0.4 is 10.1 Å². The van der Waals surface area contributed by atoms with Gasteiger partial charge in [0, 0.05) is 24.5 Å². The van der Waals surface area contributed by atoms with Gasteiger partial charge in [0.2, 0.25) is 0 Å². The van der Waals surface area contributed by atoms with Crippen molar-refractivity contribution >= 4 is 17.5 Å². The molecule has 2 aliphatic heterocycles. The van der Waals surface area contributed by atoms with Crippen LogP contribution in [0.5, 0.6) is 5.75 Å². The normalized spacial score (nSPS) is 19.6. The monoisotopic (exact) mass is 337 g/mol. The van der Waals surface area contributed by atoms with Crippen molar-refractivity contribution in [3.05, 3.63) is 53.9 Å². The zero-order valence-corrected chi connectivity index (χ0v) is 13.8. The summed E-state index contributed by atoms with van der Waals surface area (Å²) in [6.07, 6.45) is 6.59. The maximum absolute atomic E-state index is 13.1. The van der Waals surface area contributed by atoms with E-state index in [1.807, 2.05) is 23.2 Å². The van der Waals surface area contributed by atoms with Gasteiger partial charge in [-0.25, -0.2) is 0 Å². The fraction of sp³-hybridized carbons (Fsp3) is 0.316. The Morgan fingerprint density at radius 1 is 1.28 bits per heavy atom. The molecule has 1 unspecified atom stereocenters. The summed E-state index contributed by atoms with van der Waals surface area (Å²) < 4.78 is 5.36. The van der Waals surface area contributed by atoms with Crippen molar-refractivity contribution < 1.29 is 14.3 Å². The van der Waals surface area contributed by atoms with E-state index in [9.17, 15) is 9.59 Å². The van der Waals surface area contributed by atoms with Gasteiger partial charge in [-0.3, -0.25) is 14.6 Å². The van der Waals surface area contributed by atoms with Crippen molar-refractivity contribution in [3.63, 3.8) is 0 Å². The lowest BCUT2D eigenvalue weighted by Gasteiger charge is -2.36. The highest BCUT2D eigenvalue weighted by molar-refractivity contribution is 6.00. The van der Waals surface area contributed by atoms with Gasteiger partial charge < -0.3 is 15.0 Å². The van der Waals surface area contributed by atoms with Crippen molar-refractivity contribution in [1.82, 2.24) is 9.88 Å². The van der Waals surface area contributed by atoms with Crippen LogP contribution in [0.1, 0.15) is 41.2 Å². The molecule has 1 aromatic heterocycles. The smallest absolute Gasteiger partial charge is 0.262 e. The molecule has 6 heteroatoms. The summed E-state index contributed by atoms with van der Waals surface area (Å²) in [5.74, 6) is 0.359. The number of hydrogen-bond donors (Lipinski definition) is 1. The van der Waals surface area contributed by atoms with Gasteiger partial charge in [0.25, 0.3) is 11.8 Å². The fourth-order valence-corrected chi connectivity index (χ4v) is 3.48. The minimum atomic E-state index is -0.205. The molecule has 25 heavy (non-hydrogen) atoms. The molecule has 1 N–H and O–H groups in total. The number of amides is 2. The van der Waals surface area contributed by atoms with Crippen molar-refractivity contribution in [2.45, 2.75) is 25.3 Å². The number of rotatable bonds is 2. The molecule has 1 fully saturated rings. The second-order valence-electron chi connectivity index (χ2n) is 6.34. The molecule has 1 atom stereocenters. The molecule has 0 bridgehead atoms. The number of likely N-dealkylation sites (tertiary alicyclic amines) is 1. The second kappa shape index (κ2) is 6.55. The molecule has 6 nitrogen and oxygen atoms in total. The van der Waals surface area contributed by atoms with Crippen molar-refractivity contribution in [2.24, 2.45) is 0 Å². The summed E-state index contributed by atoms with van der Waals surface area (Å²) >= 11 is 0. The molecule has 2 aliphatic rings. The molecule has 0 saturated carbocycles. The third kappa shape index (κ3) is 3.07. The minimum absolute atomic E-state index is 0.00942. The van der Waals surface area contributed by atoms with Crippen LogP contribution in [0.15, 0.2) is 42.7 Å². The van der Waals surface area contributed by atoms with Crippen LogP contribution in [0.25, 0.3) is 0 Å². The Hall–Kier alpha value is -2.89. The number of carbonyl (C=O) groups excluding carboxylic acids is 2. The van der Waals surface area contributed by atoms with Crippen LogP contribution in [-0.4, -0.2) is 34.8 Å². The highest BCUT2D eigenvalue weighted by atomic mass is 16.5. The molecule has 1 aromatic carbocycles. The summed E-state index contributed by atoms with van der Waals surface area (Å²) in [7, 11) is 0. The zero-order chi connectivity index (χ0) is 17.2. The number of benzene rings is 1. The molecule has 1 saturated heterocycles. The Kier molecular flexibility index (Phi) is 4.09. The molecule has 2 aromatic rings. The van der Waals surface area contributed by atoms with E-state index in [1.165, 1.54) is 0 Å². The topological polar surface area (TPSA) is 71.5 Å². The summed E-state index contributed by atoms with van der Waals surface area (Å²) in [6, 6.07) is 9.15. The zero-order valence-electron chi connectivity index (χ0n) is 13.8. The Balaban J connectivity index is 1.63. The van der Waals surface area contributed by atoms with Gasteiger partial charge >= 0.3 is 0 Å². The van der Waals surface area contributed by atoms with Crippen LogP contribution in [0, 0.1) is 0 Å². The maximum Gasteiger partial charge on any atom is 0.262 e. The van der Waals surface area contributed by atoms with Gasteiger partial charge in [-0.05, 0) is 49.1 Å². The number of nitrogens with one attached hydrogen (secondary N) is 1. The van der Waals surface area contributed by atoms with Gasteiger partial charge in [0.15, 0.2) is 6.61 Å². The quantitative estimate of drug-likeness (QED) is 0.915. The maximum atomic E-state index is 13.1. The number of pyridine rings is 1. The van der Waals surface area contributed by atoms with E-state index in [-0.39, 0.29) is 24.5 Å². The van der Waals surface area contributed by atoms with E-state index in [0.717, 1.165) is 31.4 Å². The lowest BCUT2D eigenvalue weighted by Crippen LogP contribution is -2.38. The Morgan fingerprint density at radius 2 is 2.20 bits per heavy atom. The van der Waals surface area contributed by atoms with Gasteiger partial charge in [-0.2, -0.15) is 0 Å². The predicted octanol–water partition coefficient (Wildman–Crippen LogP) is 2.78. The number of anilines is 1. The minimum Gasteiger partial charge on any atom is -0.482 e. The average Bonchev–Trinajstić information content (AvgIpc) is 2.67. The van der Waals surface area contributed by atoms with E-state index in [1.54, 1.807) is 24.4 Å². The molecular weight excluding hydrogens is 318 g/mol. The van der Waals surface area contributed by atoms with Crippen LogP contribution in [0.4, 0.5) is 5.69 Å². The molecule has 4 rings (SSSR count). The van der Waals surface area contributed by atoms with Gasteiger partial charge in [-0.15, -0.1) is 0 Å². The highest BCUT2D eigenvalue weighted by Gasteiger charge is 2.29. The van der Waals surface area contributed by atoms with E-state index in [2.05, 4.69) is 10.3 Å². The fourth-order valence-electron chi connectivity index (χ4n) is 3.48. The number of nitrogens with zero attached hydrogens (tertiary/aromatic N) is 2. The first-order valence-corrected chi connectivity index (χ1v) is 8.50. The molecule has 3 heterocycles. The first kappa shape index (κ1) is 15.6. The Labute approximate surface area is 145 Å². The number of carbonyl (C=O) groups is 2. The summed E-state index contributed by atoms with van der Waals surface area (Å²) in [4.78, 5) is 30.7. The molecule has 128 valence electrons. The molecule has 0 spiro atoms. The Bertz CT molecular complexity index is 807. The standard InChI is InChI=1S/C19H19N3O3/c23-18-12-25-17-7-6-13(10-15(17)21-18)19(24)22-9-2-1-5-16(22)14-4-3-8-20-11-14/h3-4,6-8,10-11,16H,1-2,5,9,12H2,(H,21,23). The SMILES string of the molecule is O=C1COc2ccc(C(=O)N3CCCCC3c3cccnc3)cc2N1. The first-order chi connectivity index (χ1) is 12.2. The summed E-state index contributed by atoms with van der Waals surface area (Å²) in [5.41, 5.74) is 2.17. The van der Waals surface area contributed by atoms with Crippen LogP contribution >= 0.6 is 0 Å². The van der Waals surface area contributed by atoms with Gasteiger partial charge in [0.1, 0.15) is 5.75 Å². The first-order valence-electron chi connectivity index (χ1n) is 8.50.